The molecular formula is C15H21N3O3. The minimum absolute atomic E-state index is 0.0134. The Morgan fingerprint density at radius 3 is 2.38 bits per heavy atom. The predicted octanol–water partition coefficient (Wildman–Crippen LogP) is 0.779. The quantitative estimate of drug-likeness (QED) is 0.561. The van der Waals surface area contributed by atoms with E-state index in [9.17, 15) is 0 Å². The van der Waals surface area contributed by atoms with Gasteiger partial charge in [0.15, 0.2) is 0 Å². The minimum Gasteiger partial charge on any atom is -0.472 e. The van der Waals surface area contributed by atoms with Gasteiger partial charge in [-0.2, -0.15) is 0 Å². The fraction of sp³-hybridized carbons (Fsp3) is 0.333. The molecule has 0 aliphatic carbocycles. The lowest BCUT2D eigenvalue weighted by Gasteiger charge is -2.24. The number of aliphatic hydroxyl groups is 2. The van der Waals surface area contributed by atoms with Gasteiger partial charge in [-0.15, -0.1) is 0 Å². The van der Waals surface area contributed by atoms with E-state index in [0.717, 1.165) is 22.4 Å². The molecule has 6 nitrogen and oxygen atoms in total. The molecule has 0 atom stereocenters. The maximum absolute atomic E-state index is 9.14. The Labute approximate surface area is 123 Å². The van der Waals surface area contributed by atoms with Crippen molar-refractivity contribution in [2.24, 2.45) is 5.73 Å². The summed E-state index contributed by atoms with van der Waals surface area (Å²) >= 11 is 0. The lowest BCUT2D eigenvalue weighted by Crippen LogP contribution is -2.29. The lowest BCUT2D eigenvalue weighted by molar-refractivity contribution is 0.281. The van der Waals surface area contributed by atoms with Gasteiger partial charge in [-0.1, -0.05) is 0 Å². The highest BCUT2D eigenvalue weighted by Gasteiger charge is 2.13. The van der Waals surface area contributed by atoms with Gasteiger partial charge in [-0.25, -0.2) is 0 Å². The maximum atomic E-state index is 9.14. The molecule has 1 aromatic carbocycles. The molecular weight excluding hydrogens is 270 g/mol. The molecule has 0 amide bonds. The molecule has 1 heterocycles. The molecule has 0 spiro atoms. The van der Waals surface area contributed by atoms with Crippen molar-refractivity contribution in [2.45, 2.75) is 6.54 Å². The van der Waals surface area contributed by atoms with Crippen molar-refractivity contribution in [3.05, 3.63) is 36.3 Å². The first-order chi connectivity index (χ1) is 10.2. The van der Waals surface area contributed by atoms with Gasteiger partial charge < -0.3 is 31.0 Å². The summed E-state index contributed by atoms with van der Waals surface area (Å²) in [5.74, 6) is 0. The highest BCUT2D eigenvalue weighted by Crippen LogP contribution is 2.33. The molecule has 0 aliphatic rings. The van der Waals surface area contributed by atoms with Gasteiger partial charge >= 0.3 is 0 Å². The van der Waals surface area contributed by atoms with E-state index in [0.29, 0.717) is 25.3 Å². The topological polar surface area (TPSA) is 109 Å². The van der Waals surface area contributed by atoms with E-state index in [1.54, 1.807) is 18.6 Å². The molecule has 0 saturated heterocycles. The molecule has 21 heavy (non-hydrogen) atoms. The highest BCUT2D eigenvalue weighted by molar-refractivity contribution is 5.81. The first-order valence-corrected chi connectivity index (χ1v) is 6.83. The summed E-state index contributed by atoms with van der Waals surface area (Å²) in [4.78, 5) is 1.89. The monoisotopic (exact) mass is 291 g/mol. The largest absolute Gasteiger partial charge is 0.472 e. The van der Waals surface area contributed by atoms with Crippen LogP contribution in [0.3, 0.4) is 0 Å². The van der Waals surface area contributed by atoms with Crippen molar-refractivity contribution in [3.63, 3.8) is 0 Å². The van der Waals surface area contributed by atoms with Gasteiger partial charge in [0.25, 0.3) is 0 Å². The first-order valence-electron chi connectivity index (χ1n) is 6.83. The molecule has 0 bridgehead atoms. The Bertz CT molecular complexity index is 577. The van der Waals surface area contributed by atoms with E-state index in [-0.39, 0.29) is 13.2 Å². The fourth-order valence-electron chi connectivity index (χ4n) is 2.30. The zero-order valence-corrected chi connectivity index (χ0v) is 11.8. The van der Waals surface area contributed by atoms with Crippen molar-refractivity contribution >= 4 is 11.4 Å². The van der Waals surface area contributed by atoms with Crippen molar-refractivity contribution in [1.29, 1.82) is 0 Å². The summed E-state index contributed by atoms with van der Waals surface area (Å²) in [6.07, 6.45) is 3.24. The summed E-state index contributed by atoms with van der Waals surface area (Å²) in [5.41, 5.74) is 15.8. The molecule has 0 radical (unpaired) electrons. The van der Waals surface area contributed by atoms with Crippen LogP contribution in [0.2, 0.25) is 0 Å². The van der Waals surface area contributed by atoms with E-state index in [2.05, 4.69) is 0 Å². The van der Waals surface area contributed by atoms with Crippen molar-refractivity contribution in [2.75, 3.05) is 36.9 Å². The average Bonchev–Trinajstić information content (AvgIpc) is 2.96. The highest BCUT2D eigenvalue weighted by atomic mass is 16.3. The number of nitrogen functional groups attached to an aromatic ring is 1. The third kappa shape index (κ3) is 3.36. The SMILES string of the molecule is NCc1cocc1-c1cc(N(CCO)CCO)ccc1N. The number of hydrogen-bond donors (Lipinski definition) is 4. The Kier molecular flexibility index (Phi) is 5.21. The van der Waals surface area contributed by atoms with Crippen LogP contribution in [0.1, 0.15) is 5.56 Å². The van der Waals surface area contributed by atoms with E-state index in [1.807, 2.05) is 17.0 Å². The smallest absolute Gasteiger partial charge is 0.0985 e. The third-order valence-corrected chi connectivity index (χ3v) is 3.39. The molecule has 2 rings (SSSR count). The van der Waals surface area contributed by atoms with E-state index < -0.39 is 0 Å². The fourth-order valence-corrected chi connectivity index (χ4v) is 2.30. The third-order valence-electron chi connectivity index (χ3n) is 3.39. The first kappa shape index (κ1) is 15.4. The van der Waals surface area contributed by atoms with E-state index in [4.69, 9.17) is 26.1 Å². The maximum Gasteiger partial charge on any atom is 0.0985 e. The average molecular weight is 291 g/mol. The predicted molar refractivity (Wildman–Crippen MR) is 82.8 cm³/mol. The molecule has 0 saturated carbocycles. The molecule has 6 N–H and O–H groups in total. The lowest BCUT2D eigenvalue weighted by atomic mass is 10.0. The zero-order chi connectivity index (χ0) is 15.2. The molecule has 114 valence electrons. The number of aliphatic hydroxyl groups excluding tert-OH is 2. The summed E-state index contributed by atoms with van der Waals surface area (Å²) in [7, 11) is 0. The van der Waals surface area contributed by atoms with E-state index in [1.165, 1.54) is 0 Å². The van der Waals surface area contributed by atoms with Crippen LogP contribution in [0.5, 0.6) is 0 Å². The molecule has 1 aromatic heterocycles. The summed E-state index contributed by atoms with van der Waals surface area (Å²) < 4.78 is 5.21. The minimum atomic E-state index is 0.0134. The second kappa shape index (κ2) is 7.12. The second-order valence-corrected chi connectivity index (χ2v) is 4.72. The van der Waals surface area contributed by atoms with E-state index >= 15 is 0 Å². The van der Waals surface area contributed by atoms with Crippen LogP contribution in [-0.2, 0) is 6.54 Å². The Balaban J connectivity index is 2.41. The van der Waals surface area contributed by atoms with Crippen molar-refractivity contribution in [3.8, 4) is 11.1 Å². The Hall–Kier alpha value is -2.02. The number of hydrogen-bond acceptors (Lipinski definition) is 6. The van der Waals surface area contributed by atoms with Crippen molar-refractivity contribution in [1.82, 2.24) is 0 Å². The molecule has 0 unspecified atom stereocenters. The standard InChI is InChI=1S/C15H21N3O3/c16-8-11-9-21-10-14(11)13-7-12(1-2-15(13)17)18(3-5-19)4-6-20/h1-2,7,9-10,19-20H,3-6,8,16-17H2. The summed E-state index contributed by atoms with van der Waals surface area (Å²) in [6.45, 7) is 1.28. The van der Waals surface area contributed by atoms with Crippen LogP contribution in [-0.4, -0.2) is 36.5 Å². The van der Waals surface area contributed by atoms with Gasteiger partial charge in [0.2, 0.25) is 0 Å². The van der Waals surface area contributed by atoms with Gasteiger partial charge in [-0.3, -0.25) is 0 Å². The van der Waals surface area contributed by atoms with Crippen LogP contribution in [0.25, 0.3) is 11.1 Å². The summed E-state index contributed by atoms with van der Waals surface area (Å²) in [6, 6.07) is 5.59. The number of rotatable bonds is 7. The number of furan rings is 1. The van der Waals surface area contributed by atoms with Crippen molar-refractivity contribution < 1.29 is 14.6 Å². The number of benzene rings is 1. The number of nitrogens with two attached hydrogens (primary N) is 2. The normalized spacial score (nSPS) is 10.8. The molecule has 6 heteroatoms. The van der Waals surface area contributed by atoms with Crippen LogP contribution in [0.15, 0.2) is 35.1 Å². The second-order valence-electron chi connectivity index (χ2n) is 4.72. The Morgan fingerprint density at radius 2 is 1.76 bits per heavy atom. The molecule has 0 aliphatic heterocycles. The van der Waals surface area contributed by atoms with Gasteiger partial charge in [0, 0.05) is 47.7 Å². The van der Waals surface area contributed by atoms with Gasteiger partial charge in [0.1, 0.15) is 0 Å². The van der Waals surface area contributed by atoms with Crippen LogP contribution >= 0.6 is 0 Å². The molecule has 2 aromatic rings. The molecule has 0 fully saturated rings. The van der Waals surface area contributed by atoms with Gasteiger partial charge in [-0.05, 0) is 18.2 Å². The number of nitrogens with zero attached hydrogens (tertiary/aromatic N) is 1. The van der Waals surface area contributed by atoms with Crippen LogP contribution in [0, 0.1) is 0 Å². The Morgan fingerprint density at radius 1 is 1.05 bits per heavy atom. The zero-order valence-electron chi connectivity index (χ0n) is 11.8. The summed E-state index contributed by atoms with van der Waals surface area (Å²) in [5, 5.41) is 18.3. The van der Waals surface area contributed by atoms with Crippen LogP contribution < -0.4 is 16.4 Å². The number of anilines is 2. The van der Waals surface area contributed by atoms with Gasteiger partial charge in [0.05, 0.1) is 25.7 Å². The van der Waals surface area contributed by atoms with Crippen LogP contribution in [0.4, 0.5) is 11.4 Å².